The van der Waals surface area contributed by atoms with Crippen molar-refractivity contribution in [3.05, 3.63) is 29.1 Å². The van der Waals surface area contributed by atoms with Crippen LogP contribution in [0.5, 0.6) is 0 Å². The molecule has 0 N–H and O–H groups in total. The van der Waals surface area contributed by atoms with Crippen LogP contribution in [0.15, 0.2) is 29.2 Å². The highest BCUT2D eigenvalue weighted by molar-refractivity contribution is 8.14. The highest BCUT2D eigenvalue weighted by Crippen LogP contribution is 2.37. The van der Waals surface area contributed by atoms with Crippen molar-refractivity contribution in [1.29, 1.82) is 0 Å². The Bertz CT molecular complexity index is 629. The van der Waals surface area contributed by atoms with Crippen LogP contribution >= 0.6 is 22.0 Å². The standard InChI is InChI=1S/C12H13ClO2S2/c1-2-3-7-11-12(17(13,14)15)9-6-4-5-8-10(9)16-11/h4-6,8H,2-3,7H2,1H3. The molecule has 0 amide bonds. The van der Waals surface area contributed by atoms with E-state index >= 15 is 0 Å². The van der Waals surface area contributed by atoms with Gasteiger partial charge in [0.2, 0.25) is 0 Å². The van der Waals surface area contributed by atoms with E-state index < -0.39 is 9.05 Å². The second-order valence-electron chi connectivity index (χ2n) is 3.89. The summed E-state index contributed by atoms with van der Waals surface area (Å²) in [7, 11) is 1.88. The summed E-state index contributed by atoms with van der Waals surface area (Å²) < 4.78 is 24.3. The molecule has 0 radical (unpaired) electrons. The highest BCUT2D eigenvalue weighted by Gasteiger charge is 2.21. The molecular weight excluding hydrogens is 276 g/mol. The summed E-state index contributed by atoms with van der Waals surface area (Å²) in [5, 5.41) is 0.749. The van der Waals surface area contributed by atoms with Crippen LogP contribution in [0.2, 0.25) is 0 Å². The van der Waals surface area contributed by atoms with Crippen LogP contribution in [-0.4, -0.2) is 8.42 Å². The fraction of sp³-hybridized carbons (Fsp3) is 0.333. The van der Waals surface area contributed by atoms with Crippen molar-refractivity contribution >= 4 is 41.2 Å². The molecule has 0 aliphatic carbocycles. The van der Waals surface area contributed by atoms with E-state index in [0.717, 1.165) is 34.2 Å². The van der Waals surface area contributed by atoms with Crippen LogP contribution in [0.1, 0.15) is 24.6 Å². The number of aryl methyl sites for hydroxylation is 1. The van der Waals surface area contributed by atoms with Crippen LogP contribution in [0.3, 0.4) is 0 Å². The van der Waals surface area contributed by atoms with E-state index in [1.54, 1.807) is 0 Å². The summed E-state index contributed by atoms with van der Waals surface area (Å²) in [5.74, 6) is 0. The van der Waals surface area contributed by atoms with Gasteiger partial charge in [-0.15, -0.1) is 11.3 Å². The van der Waals surface area contributed by atoms with Gasteiger partial charge in [0.15, 0.2) is 0 Å². The first-order valence-electron chi connectivity index (χ1n) is 5.49. The van der Waals surface area contributed by atoms with Gasteiger partial charge in [0, 0.05) is 25.6 Å². The number of thiophene rings is 1. The first-order chi connectivity index (χ1) is 8.04. The number of hydrogen-bond acceptors (Lipinski definition) is 3. The van der Waals surface area contributed by atoms with Gasteiger partial charge in [-0.25, -0.2) is 8.42 Å². The second-order valence-corrected chi connectivity index (χ2v) is 7.53. The van der Waals surface area contributed by atoms with Gasteiger partial charge in [-0.05, 0) is 18.9 Å². The molecule has 17 heavy (non-hydrogen) atoms. The lowest BCUT2D eigenvalue weighted by atomic mass is 10.2. The Balaban J connectivity index is 2.66. The molecule has 0 fully saturated rings. The van der Waals surface area contributed by atoms with Gasteiger partial charge in [0.05, 0.1) is 0 Å². The minimum atomic E-state index is -3.66. The molecule has 0 saturated heterocycles. The number of benzene rings is 1. The van der Waals surface area contributed by atoms with Crippen LogP contribution < -0.4 is 0 Å². The Morgan fingerprint density at radius 1 is 1.29 bits per heavy atom. The van der Waals surface area contributed by atoms with Crippen LogP contribution in [-0.2, 0) is 15.5 Å². The summed E-state index contributed by atoms with van der Waals surface area (Å²) >= 11 is 1.53. The average molecular weight is 289 g/mol. The topological polar surface area (TPSA) is 34.1 Å². The molecule has 0 aliphatic heterocycles. The fourth-order valence-corrected chi connectivity index (χ4v) is 4.98. The maximum atomic E-state index is 11.7. The van der Waals surface area contributed by atoms with Gasteiger partial charge in [-0.2, -0.15) is 0 Å². The summed E-state index contributed by atoms with van der Waals surface area (Å²) in [6, 6.07) is 7.49. The predicted molar refractivity (Wildman–Crippen MR) is 73.5 cm³/mol. The van der Waals surface area contributed by atoms with Crippen molar-refractivity contribution in [1.82, 2.24) is 0 Å². The predicted octanol–water partition coefficient (Wildman–Crippen LogP) is 4.17. The molecule has 1 aromatic heterocycles. The molecule has 2 aromatic rings. The molecule has 2 rings (SSSR count). The van der Waals surface area contributed by atoms with Gasteiger partial charge in [0.1, 0.15) is 4.90 Å². The van der Waals surface area contributed by atoms with Gasteiger partial charge >= 0.3 is 0 Å². The zero-order valence-electron chi connectivity index (χ0n) is 9.44. The minimum absolute atomic E-state index is 0.313. The van der Waals surface area contributed by atoms with Crippen molar-refractivity contribution in [2.24, 2.45) is 0 Å². The molecule has 0 atom stereocenters. The Kier molecular flexibility index (Phi) is 3.76. The lowest BCUT2D eigenvalue weighted by molar-refractivity contribution is 0.609. The Morgan fingerprint density at radius 2 is 2.00 bits per heavy atom. The number of rotatable bonds is 4. The normalized spacial score (nSPS) is 12.1. The van der Waals surface area contributed by atoms with Crippen molar-refractivity contribution in [3.63, 3.8) is 0 Å². The number of halogens is 1. The number of unbranched alkanes of at least 4 members (excludes halogenated alkanes) is 1. The molecule has 0 spiro atoms. The highest BCUT2D eigenvalue weighted by atomic mass is 35.7. The molecule has 2 nitrogen and oxygen atoms in total. The van der Waals surface area contributed by atoms with E-state index in [9.17, 15) is 8.42 Å². The molecule has 0 aliphatic rings. The van der Waals surface area contributed by atoms with Crippen molar-refractivity contribution in [2.75, 3.05) is 0 Å². The van der Waals surface area contributed by atoms with Crippen molar-refractivity contribution in [2.45, 2.75) is 31.1 Å². The Hall–Kier alpha value is -0.580. The van der Waals surface area contributed by atoms with Crippen LogP contribution in [0.4, 0.5) is 0 Å². The maximum Gasteiger partial charge on any atom is 0.263 e. The minimum Gasteiger partial charge on any atom is -0.207 e. The van der Waals surface area contributed by atoms with Gasteiger partial charge < -0.3 is 0 Å². The molecule has 5 heteroatoms. The molecule has 0 bridgehead atoms. The first kappa shape index (κ1) is 12.9. The summed E-state index contributed by atoms with van der Waals surface area (Å²) in [6.45, 7) is 2.09. The van der Waals surface area contributed by atoms with E-state index in [0.29, 0.717) is 4.90 Å². The smallest absolute Gasteiger partial charge is 0.207 e. The van der Waals surface area contributed by atoms with E-state index in [1.165, 1.54) is 11.3 Å². The first-order valence-corrected chi connectivity index (χ1v) is 8.61. The van der Waals surface area contributed by atoms with Crippen LogP contribution in [0.25, 0.3) is 10.1 Å². The van der Waals surface area contributed by atoms with Gasteiger partial charge in [0.25, 0.3) is 9.05 Å². The van der Waals surface area contributed by atoms with E-state index in [1.807, 2.05) is 24.3 Å². The van der Waals surface area contributed by atoms with Crippen molar-refractivity contribution < 1.29 is 8.42 Å². The third-order valence-corrected chi connectivity index (χ3v) is 5.40. The summed E-state index contributed by atoms with van der Waals surface area (Å²) in [5.41, 5.74) is 0. The van der Waals surface area contributed by atoms with E-state index in [-0.39, 0.29) is 0 Å². The van der Waals surface area contributed by atoms with Gasteiger partial charge in [-0.3, -0.25) is 0 Å². The second kappa shape index (κ2) is 4.96. The molecule has 1 aromatic carbocycles. The van der Waals surface area contributed by atoms with E-state index in [2.05, 4.69) is 6.92 Å². The fourth-order valence-electron chi connectivity index (χ4n) is 1.84. The zero-order valence-corrected chi connectivity index (χ0v) is 11.8. The molecule has 0 saturated carbocycles. The lowest BCUT2D eigenvalue weighted by Gasteiger charge is -1.99. The summed E-state index contributed by atoms with van der Waals surface area (Å²) in [4.78, 5) is 1.19. The number of fused-ring (bicyclic) bond motifs is 1. The summed E-state index contributed by atoms with van der Waals surface area (Å²) in [6.07, 6.45) is 2.79. The largest absolute Gasteiger partial charge is 0.263 e. The SMILES string of the molecule is CCCCc1sc2ccccc2c1S(=O)(=O)Cl. The zero-order chi connectivity index (χ0) is 12.5. The van der Waals surface area contributed by atoms with Crippen molar-refractivity contribution in [3.8, 4) is 0 Å². The Labute approximate surface area is 110 Å². The quantitative estimate of drug-likeness (QED) is 0.791. The molecule has 0 unspecified atom stereocenters. The molecule has 1 heterocycles. The maximum absolute atomic E-state index is 11.7. The van der Waals surface area contributed by atoms with Crippen LogP contribution in [0, 0.1) is 0 Å². The molecular formula is C12H13ClO2S2. The third kappa shape index (κ3) is 2.64. The Morgan fingerprint density at radius 3 is 2.65 bits per heavy atom. The molecule has 92 valence electrons. The van der Waals surface area contributed by atoms with E-state index in [4.69, 9.17) is 10.7 Å². The monoisotopic (exact) mass is 288 g/mol. The third-order valence-electron chi connectivity index (χ3n) is 2.62. The number of hydrogen-bond donors (Lipinski definition) is 0. The average Bonchev–Trinajstić information content (AvgIpc) is 2.63. The lowest BCUT2D eigenvalue weighted by Crippen LogP contribution is -1.94. The van der Waals surface area contributed by atoms with Gasteiger partial charge in [-0.1, -0.05) is 31.5 Å².